The molecule has 7 heteroatoms. The lowest BCUT2D eigenvalue weighted by Crippen LogP contribution is -2.47. The Balaban J connectivity index is 1.42. The first-order valence-corrected chi connectivity index (χ1v) is 10.7. The van der Waals surface area contributed by atoms with E-state index >= 15 is 0 Å². The van der Waals surface area contributed by atoms with Gasteiger partial charge in [0.1, 0.15) is 12.0 Å². The first-order chi connectivity index (χ1) is 13.7. The van der Waals surface area contributed by atoms with E-state index in [1.165, 1.54) is 44.2 Å². The van der Waals surface area contributed by atoms with Crippen molar-refractivity contribution in [3.8, 4) is 0 Å². The van der Waals surface area contributed by atoms with E-state index in [4.69, 9.17) is 17.3 Å². The second-order valence-electron chi connectivity index (χ2n) is 7.75. The molecule has 6 nitrogen and oxygen atoms in total. The largest absolute Gasteiger partial charge is 0.393 e. The van der Waals surface area contributed by atoms with Crippen molar-refractivity contribution in [1.82, 2.24) is 9.97 Å². The average molecular weight is 401 g/mol. The number of aromatic nitrogens is 2. The topological polar surface area (TPSA) is 70.3 Å². The van der Waals surface area contributed by atoms with E-state index in [2.05, 4.69) is 31.2 Å². The maximum absolute atomic E-state index is 6.48. The van der Waals surface area contributed by atoms with Gasteiger partial charge in [-0.15, -0.1) is 0 Å². The van der Waals surface area contributed by atoms with Gasteiger partial charge in [0.25, 0.3) is 0 Å². The van der Waals surface area contributed by atoms with Crippen molar-refractivity contribution >= 4 is 34.6 Å². The van der Waals surface area contributed by atoms with Crippen LogP contribution in [0.25, 0.3) is 0 Å². The number of halogens is 1. The summed E-state index contributed by atoms with van der Waals surface area (Å²) in [5.74, 6) is 1.63. The van der Waals surface area contributed by atoms with Crippen LogP contribution in [0.15, 0.2) is 30.6 Å². The minimum Gasteiger partial charge on any atom is -0.393 e. The van der Waals surface area contributed by atoms with Crippen LogP contribution in [0.5, 0.6) is 0 Å². The standard InChI is InChI=1S/C21H29ClN6/c22-16-6-5-9-18(14-16)27-10-12-28(13-11-27)21-19(23)20(24-15-25-21)26-17-7-3-1-2-4-8-17/h5-6,9,14-15,17H,1-4,7-8,10-13,23H2,(H,24,25,26). The molecule has 1 aromatic heterocycles. The highest BCUT2D eigenvalue weighted by Crippen LogP contribution is 2.30. The van der Waals surface area contributed by atoms with Crippen molar-refractivity contribution in [1.29, 1.82) is 0 Å². The molecule has 0 bridgehead atoms. The van der Waals surface area contributed by atoms with Crippen LogP contribution >= 0.6 is 11.6 Å². The van der Waals surface area contributed by atoms with Crippen LogP contribution in [-0.2, 0) is 0 Å². The van der Waals surface area contributed by atoms with Crippen LogP contribution in [0, 0.1) is 0 Å². The normalized spacial score (nSPS) is 18.8. The highest BCUT2D eigenvalue weighted by molar-refractivity contribution is 6.30. The van der Waals surface area contributed by atoms with Crippen LogP contribution < -0.4 is 20.9 Å². The van der Waals surface area contributed by atoms with Crippen molar-refractivity contribution in [3.05, 3.63) is 35.6 Å². The molecule has 2 aliphatic rings. The molecule has 1 aliphatic heterocycles. The Morgan fingerprint density at radius 3 is 2.39 bits per heavy atom. The summed E-state index contributed by atoms with van der Waals surface area (Å²) in [7, 11) is 0. The van der Waals surface area contributed by atoms with Crippen LogP contribution in [0.4, 0.5) is 23.0 Å². The molecule has 1 saturated heterocycles. The summed E-state index contributed by atoms with van der Waals surface area (Å²) in [5, 5.41) is 4.35. The molecule has 0 unspecified atom stereocenters. The Bertz CT molecular complexity index is 782. The molecule has 2 aromatic rings. The molecular formula is C21H29ClN6. The third-order valence-corrected chi connectivity index (χ3v) is 6.05. The number of nitrogens with zero attached hydrogens (tertiary/aromatic N) is 4. The maximum Gasteiger partial charge on any atom is 0.157 e. The first-order valence-electron chi connectivity index (χ1n) is 10.3. The lowest BCUT2D eigenvalue weighted by molar-refractivity contribution is 0.617. The fourth-order valence-electron chi connectivity index (χ4n) is 4.22. The average Bonchev–Trinajstić information content (AvgIpc) is 2.98. The van der Waals surface area contributed by atoms with Crippen LogP contribution in [-0.4, -0.2) is 42.2 Å². The predicted octanol–water partition coefficient (Wildman–Crippen LogP) is 4.17. The highest BCUT2D eigenvalue weighted by atomic mass is 35.5. The van der Waals surface area contributed by atoms with E-state index in [0.717, 1.165) is 42.8 Å². The number of nitrogens with two attached hydrogens (primary N) is 1. The van der Waals surface area contributed by atoms with Gasteiger partial charge in [0.15, 0.2) is 11.6 Å². The van der Waals surface area contributed by atoms with Gasteiger partial charge < -0.3 is 20.9 Å². The van der Waals surface area contributed by atoms with E-state index in [9.17, 15) is 0 Å². The van der Waals surface area contributed by atoms with Gasteiger partial charge in [-0.1, -0.05) is 43.4 Å². The Morgan fingerprint density at radius 2 is 1.68 bits per heavy atom. The van der Waals surface area contributed by atoms with Crippen molar-refractivity contribution in [2.45, 2.75) is 44.6 Å². The number of anilines is 4. The van der Waals surface area contributed by atoms with E-state index in [1.54, 1.807) is 6.33 Å². The summed E-state index contributed by atoms with van der Waals surface area (Å²) in [6, 6.07) is 8.50. The summed E-state index contributed by atoms with van der Waals surface area (Å²) in [6.07, 6.45) is 9.24. The zero-order chi connectivity index (χ0) is 19.3. The minimum atomic E-state index is 0.465. The van der Waals surface area contributed by atoms with Gasteiger partial charge >= 0.3 is 0 Å². The Kier molecular flexibility index (Phi) is 6.05. The lowest BCUT2D eigenvalue weighted by Gasteiger charge is -2.37. The van der Waals surface area contributed by atoms with Crippen molar-refractivity contribution < 1.29 is 0 Å². The molecule has 0 spiro atoms. The third kappa shape index (κ3) is 4.43. The van der Waals surface area contributed by atoms with E-state index < -0.39 is 0 Å². The molecular weight excluding hydrogens is 372 g/mol. The number of hydrogen-bond donors (Lipinski definition) is 2. The Hall–Kier alpha value is -2.21. The number of nitrogens with one attached hydrogen (secondary N) is 1. The van der Waals surface area contributed by atoms with Crippen LogP contribution in [0.2, 0.25) is 5.02 Å². The third-order valence-electron chi connectivity index (χ3n) is 5.81. The maximum atomic E-state index is 6.48. The van der Waals surface area contributed by atoms with Gasteiger partial charge in [-0.3, -0.25) is 0 Å². The highest BCUT2D eigenvalue weighted by Gasteiger charge is 2.22. The Morgan fingerprint density at radius 1 is 0.964 bits per heavy atom. The number of nitrogen functional groups attached to an aromatic ring is 1. The zero-order valence-corrected chi connectivity index (χ0v) is 17.0. The first kappa shape index (κ1) is 19.1. The fraction of sp³-hybridized carbons (Fsp3) is 0.524. The second-order valence-corrected chi connectivity index (χ2v) is 8.18. The second kappa shape index (κ2) is 8.86. The van der Waals surface area contributed by atoms with Crippen molar-refractivity contribution in [2.24, 2.45) is 0 Å². The molecule has 1 saturated carbocycles. The summed E-state index contributed by atoms with van der Waals surface area (Å²) in [5.41, 5.74) is 8.31. The van der Waals surface area contributed by atoms with Crippen molar-refractivity contribution in [2.75, 3.05) is 47.0 Å². The molecule has 2 heterocycles. The molecule has 28 heavy (non-hydrogen) atoms. The number of piperazine rings is 1. The zero-order valence-electron chi connectivity index (χ0n) is 16.3. The summed E-state index contributed by atoms with van der Waals surface area (Å²) < 4.78 is 0. The van der Waals surface area contributed by atoms with Gasteiger partial charge in [0.2, 0.25) is 0 Å². The van der Waals surface area contributed by atoms with E-state index in [0.29, 0.717) is 11.7 Å². The van der Waals surface area contributed by atoms with Crippen molar-refractivity contribution in [3.63, 3.8) is 0 Å². The monoisotopic (exact) mass is 400 g/mol. The van der Waals surface area contributed by atoms with E-state index in [-0.39, 0.29) is 0 Å². The summed E-state index contributed by atoms with van der Waals surface area (Å²) in [6.45, 7) is 3.57. The molecule has 0 atom stereocenters. The molecule has 3 N–H and O–H groups in total. The van der Waals surface area contributed by atoms with Crippen LogP contribution in [0.3, 0.4) is 0 Å². The Labute approximate surface area is 172 Å². The predicted molar refractivity (Wildman–Crippen MR) is 117 cm³/mol. The van der Waals surface area contributed by atoms with Crippen LogP contribution in [0.1, 0.15) is 38.5 Å². The van der Waals surface area contributed by atoms with Gasteiger partial charge in [-0.05, 0) is 31.0 Å². The molecule has 0 radical (unpaired) electrons. The quantitative estimate of drug-likeness (QED) is 0.750. The SMILES string of the molecule is Nc1c(NC2CCCCCC2)ncnc1N1CCN(c2cccc(Cl)c2)CC1. The number of hydrogen-bond acceptors (Lipinski definition) is 6. The molecule has 1 aromatic carbocycles. The molecule has 0 amide bonds. The van der Waals surface area contributed by atoms with Gasteiger partial charge in [0.05, 0.1) is 0 Å². The summed E-state index contributed by atoms with van der Waals surface area (Å²) in [4.78, 5) is 13.5. The summed E-state index contributed by atoms with van der Waals surface area (Å²) >= 11 is 6.14. The smallest absolute Gasteiger partial charge is 0.157 e. The number of rotatable bonds is 4. The number of benzene rings is 1. The van der Waals surface area contributed by atoms with Gasteiger partial charge in [-0.2, -0.15) is 0 Å². The molecule has 150 valence electrons. The fourth-order valence-corrected chi connectivity index (χ4v) is 4.40. The molecule has 2 fully saturated rings. The van der Waals surface area contributed by atoms with Gasteiger partial charge in [-0.25, -0.2) is 9.97 Å². The minimum absolute atomic E-state index is 0.465. The van der Waals surface area contributed by atoms with E-state index in [1.807, 2.05) is 18.2 Å². The van der Waals surface area contributed by atoms with Gasteiger partial charge in [0, 0.05) is 42.9 Å². The lowest BCUT2D eigenvalue weighted by atomic mass is 10.1. The molecule has 4 rings (SSSR count). The molecule has 1 aliphatic carbocycles.